The van der Waals surface area contributed by atoms with Crippen LogP contribution in [0.5, 0.6) is 0 Å². The maximum absolute atomic E-state index is 11.7. The van der Waals surface area contributed by atoms with Crippen molar-refractivity contribution in [3.8, 4) is 0 Å². The van der Waals surface area contributed by atoms with E-state index >= 15 is 0 Å². The van der Waals surface area contributed by atoms with Crippen LogP contribution in [-0.2, 0) is 21.3 Å². The van der Waals surface area contributed by atoms with Gasteiger partial charge in [0, 0.05) is 6.07 Å². The van der Waals surface area contributed by atoms with Gasteiger partial charge < -0.3 is 4.55 Å². The van der Waals surface area contributed by atoms with Gasteiger partial charge in [0.2, 0.25) is 0 Å². The summed E-state index contributed by atoms with van der Waals surface area (Å²) in [7, 11) is -4.21. The molecule has 0 aliphatic carbocycles. The first kappa shape index (κ1) is 13.5. The fourth-order valence-electron chi connectivity index (χ4n) is 1.17. The molecule has 0 fully saturated rings. The summed E-state index contributed by atoms with van der Waals surface area (Å²) in [5.41, 5.74) is 0. The first-order chi connectivity index (χ1) is 7.45. The Bertz CT molecular complexity index is 442. The van der Waals surface area contributed by atoms with Gasteiger partial charge >= 0.3 is 0 Å². The number of hydrogen-bond acceptors (Lipinski definition) is 3. The third kappa shape index (κ3) is 3.79. The molecule has 0 aliphatic rings. The zero-order valence-corrected chi connectivity index (χ0v) is 10.6. The van der Waals surface area contributed by atoms with E-state index in [1.54, 1.807) is 6.07 Å². The molecule has 1 rings (SSSR count). The molecule has 0 radical (unpaired) electrons. The van der Waals surface area contributed by atoms with Crippen molar-refractivity contribution in [2.75, 3.05) is 5.75 Å². The van der Waals surface area contributed by atoms with E-state index in [0.717, 1.165) is 12.8 Å². The van der Waals surface area contributed by atoms with Crippen LogP contribution in [-0.4, -0.2) is 23.3 Å². The standard InChI is InChI=1S/C10H14O4S2/c1-2-3-7-15(11)9-5-4-6-10(8-9)16(12,13)14/h4-6,8H,2-3,7H2,1H3,(H,12,13,14). The summed E-state index contributed by atoms with van der Waals surface area (Å²) in [4.78, 5) is 0.221. The zero-order chi connectivity index (χ0) is 12.2. The van der Waals surface area contributed by atoms with Crippen LogP contribution in [0.3, 0.4) is 0 Å². The molecule has 0 heterocycles. The Kier molecular flexibility index (Phi) is 4.79. The Morgan fingerprint density at radius 3 is 2.69 bits per heavy atom. The summed E-state index contributed by atoms with van der Waals surface area (Å²) in [5.74, 6) is 0.505. The van der Waals surface area contributed by atoms with Gasteiger partial charge in [0.15, 0.2) is 4.90 Å². The van der Waals surface area contributed by atoms with Crippen LogP contribution in [0.15, 0.2) is 34.1 Å². The molecule has 4 nitrogen and oxygen atoms in total. The predicted octanol–water partition coefficient (Wildman–Crippen LogP) is 1.84. The fraction of sp³-hybridized carbons (Fsp3) is 0.400. The molecule has 1 N–H and O–H groups in total. The SMILES string of the molecule is CCCC[S+]([O-])c1cccc(S(=O)(=O)O)c1. The van der Waals surface area contributed by atoms with Crippen LogP contribution >= 0.6 is 0 Å². The lowest BCUT2D eigenvalue weighted by Crippen LogP contribution is -2.08. The van der Waals surface area contributed by atoms with E-state index in [1.807, 2.05) is 6.92 Å². The highest BCUT2D eigenvalue weighted by atomic mass is 32.2. The molecule has 0 amide bonds. The lowest BCUT2D eigenvalue weighted by molar-refractivity contribution is 0.483. The summed E-state index contributed by atoms with van der Waals surface area (Å²) in [6.45, 7) is 1.99. The highest BCUT2D eigenvalue weighted by Gasteiger charge is 2.15. The van der Waals surface area contributed by atoms with E-state index in [1.165, 1.54) is 18.2 Å². The molecule has 0 saturated carbocycles. The Morgan fingerprint density at radius 1 is 1.44 bits per heavy atom. The Labute approximate surface area is 98.6 Å². The topological polar surface area (TPSA) is 77.4 Å². The first-order valence-corrected chi connectivity index (χ1v) is 7.67. The third-order valence-corrected chi connectivity index (χ3v) is 4.34. The molecule has 0 spiro atoms. The van der Waals surface area contributed by atoms with Crippen molar-refractivity contribution < 1.29 is 17.5 Å². The number of benzene rings is 1. The van der Waals surface area contributed by atoms with Gasteiger partial charge in [0.05, 0.1) is 4.90 Å². The molecule has 0 bridgehead atoms. The molecule has 6 heteroatoms. The quantitative estimate of drug-likeness (QED) is 0.649. The van der Waals surface area contributed by atoms with E-state index < -0.39 is 21.3 Å². The lowest BCUT2D eigenvalue weighted by atomic mass is 10.4. The largest absolute Gasteiger partial charge is 0.611 e. The van der Waals surface area contributed by atoms with Crippen molar-refractivity contribution in [2.24, 2.45) is 0 Å². The first-order valence-electron chi connectivity index (χ1n) is 4.91. The van der Waals surface area contributed by atoms with E-state index in [-0.39, 0.29) is 4.90 Å². The van der Waals surface area contributed by atoms with Gasteiger partial charge in [0.1, 0.15) is 5.75 Å². The van der Waals surface area contributed by atoms with Crippen molar-refractivity contribution in [2.45, 2.75) is 29.6 Å². The lowest BCUT2D eigenvalue weighted by Gasteiger charge is -2.10. The molecule has 1 unspecified atom stereocenters. The van der Waals surface area contributed by atoms with Gasteiger partial charge in [-0.1, -0.05) is 19.4 Å². The third-order valence-electron chi connectivity index (χ3n) is 2.05. The van der Waals surface area contributed by atoms with Crippen molar-refractivity contribution in [3.05, 3.63) is 24.3 Å². The normalized spacial score (nSPS) is 13.7. The molecule has 90 valence electrons. The zero-order valence-electron chi connectivity index (χ0n) is 8.92. The van der Waals surface area contributed by atoms with Gasteiger partial charge in [-0.3, -0.25) is 4.55 Å². The minimum absolute atomic E-state index is 0.213. The Hall–Kier alpha value is -0.560. The van der Waals surface area contributed by atoms with Gasteiger partial charge in [-0.2, -0.15) is 8.42 Å². The summed E-state index contributed by atoms with van der Waals surface area (Å²) in [6.07, 6.45) is 1.76. The average Bonchev–Trinajstić information content (AvgIpc) is 2.25. The van der Waals surface area contributed by atoms with Crippen molar-refractivity contribution in [1.29, 1.82) is 0 Å². The molecule has 16 heavy (non-hydrogen) atoms. The molecule has 1 aromatic rings. The van der Waals surface area contributed by atoms with Gasteiger partial charge in [-0.05, 0) is 29.7 Å². The molecule has 1 atom stereocenters. The Balaban J connectivity index is 2.90. The van der Waals surface area contributed by atoms with Crippen LogP contribution < -0.4 is 0 Å². The second-order valence-electron chi connectivity index (χ2n) is 3.35. The van der Waals surface area contributed by atoms with Crippen molar-refractivity contribution >= 4 is 21.3 Å². The Morgan fingerprint density at radius 2 is 2.12 bits per heavy atom. The molecular weight excluding hydrogens is 248 g/mol. The van der Waals surface area contributed by atoms with Crippen molar-refractivity contribution in [3.63, 3.8) is 0 Å². The molecule has 0 aliphatic heterocycles. The monoisotopic (exact) mass is 262 g/mol. The number of unbranched alkanes of at least 4 members (excludes halogenated alkanes) is 1. The second-order valence-corrected chi connectivity index (χ2v) is 6.35. The number of rotatable bonds is 5. The van der Waals surface area contributed by atoms with E-state index in [0.29, 0.717) is 10.6 Å². The smallest absolute Gasteiger partial charge is 0.294 e. The molecular formula is C10H14O4S2. The van der Waals surface area contributed by atoms with Crippen LogP contribution in [0.25, 0.3) is 0 Å². The summed E-state index contributed by atoms with van der Waals surface area (Å²) >= 11 is -1.20. The van der Waals surface area contributed by atoms with Crippen LogP contribution in [0.4, 0.5) is 0 Å². The van der Waals surface area contributed by atoms with Crippen LogP contribution in [0.1, 0.15) is 19.8 Å². The fourth-order valence-corrected chi connectivity index (χ4v) is 3.05. The van der Waals surface area contributed by atoms with Crippen LogP contribution in [0, 0.1) is 0 Å². The summed E-state index contributed by atoms with van der Waals surface area (Å²) < 4.78 is 42.3. The minimum Gasteiger partial charge on any atom is -0.611 e. The van der Waals surface area contributed by atoms with E-state index in [9.17, 15) is 13.0 Å². The molecule has 1 aromatic carbocycles. The minimum atomic E-state index is -4.21. The van der Waals surface area contributed by atoms with Gasteiger partial charge in [-0.15, -0.1) is 0 Å². The summed E-state index contributed by atoms with van der Waals surface area (Å²) in [6, 6.07) is 5.60. The van der Waals surface area contributed by atoms with Crippen molar-refractivity contribution in [1.82, 2.24) is 0 Å². The van der Waals surface area contributed by atoms with Gasteiger partial charge in [-0.25, -0.2) is 0 Å². The summed E-state index contributed by atoms with van der Waals surface area (Å²) in [5, 5.41) is 0. The second kappa shape index (κ2) is 5.67. The van der Waals surface area contributed by atoms with Crippen LogP contribution in [0.2, 0.25) is 0 Å². The molecule has 0 saturated heterocycles. The molecule has 0 aromatic heterocycles. The van der Waals surface area contributed by atoms with Gasteiger partial charge in [0.25, 0.3) is 10.1 Å². The van der Waals surface area contributed by atoms with E-state index in [4.69, 9.17) is 4.55 Å². The maximum Gasteiger partial charge on any atom is 0.294 e. The highest BCUT2D eigenvalue weighted by Crippen LogP contribution is 2.17. The average molecular weight is 262 g/mol. The van der Waals surface area contributed by atoms with E-state index in [2.05, 4.69) is 0 Å². The number of hydrogen-bond donors (Lipinski definition) is 1. The highest BCUT2D eigenvalue weighted by molar-refractivity contribution is 7.91. The maximum atomic E-state index is 11.7. The predicted molar refractivity (Wildman–Crippen MR) is 62.4 cm³/mol.